The molecule has 1 atom stereocenters. The largest absolute Gasteiger partial charge is 0.228 e. The summed E-state index contributed by atoms with van der Waals surface area (Å²) in [5.41, 5.74) is 2.04. The molecule has 1 heterocycles. The third kappa shape index (κ3) is 3.70. The Bertz CT molecular complexity index is 765. The lowest BCUT2D eigenvalue weighted by Gasteiger charge is -2.10. The van der Waals surface area contributed by atoms with Crippen LogP contribution in [-0.4, -0.2) is 25.9 Å². The SMILES string of the molecule is BrCC(Br)CSc1nc(-c2ccccc2)nc2ccccc12. The first-order valence-corrected chi connectivity index (χ1v) is 9.95. The molecule has 112 valence electrons. The summed E-state index contributed by atoms with van der Waals surface area (Å²) < 4.78 is 0. The van der Waals surface area contributed by atoms with Crippen molar-refractivity contribution in [2.24, 2.45) is 0 Å². The third-order valence-electron chi connectivity index (χ3n) is 3.17. The predicted octanol–water partition coefficient (Wildman–Crippen LogP) is 5.55. The van der Waals surface area contributed by atoms with Crippen molar-refractivity contribution in [1.29, 1.82) is 0 Å². The molecule has 0 fully saturated rings. The number of nitrogens with zero attached hydrogens (tertiary/aromatic N) is 2. The molecule has 0 bridgehead atoms. The zero-order valence-corrected chi connectivity index (χ0v) is 15.7. The topological polar surface area (TPSA) is 25.8 Å². The van der Waals surface area contributed by atoms with E-state index in [0.29, 0.717) is 4.83 Å². The van der Waals surface area contributed by atoms with Gasteiger partial charge in [-0.1, -0.05) is 80.4 Å². The molecule has 2 aromatic carbocycles. The number of thioether (sulfide) groups is 1. The van der Waals surface area contributed by atoms with Crippen LogP contribution in [0.1, 0.15) is 0 Å². The summed E-state index contributed by atoms with van der Waals surface area (Å²) in [5.74, 6) is 1.74. The molecule has 0 aliphatic heterocycles. The minimum Gasteiger partial charge on any atom is -0.228 e. The van der Waals surface area contributed by atoms with Crippen LogP contribution in [0.25, 0.3) is 22.3 Å². The van der Waals surface area contributed by atoms with Gasteiger partial charge in [-0.25, -0.2) is 9.97 Å². The van der Waals surface area contributed by atoms with E-state index in [0.717, 1.165) is 38.4 Å². The average molecular weight is 438 g/mol. The number of fused-ring (bicyclic) bond motifs is 1. The van der Waals surface area contributed by atoms with Crippen LogP contribution >= 0.6 is 43.6 Å². The second-order valence-corrected chi connectivity index (χ2v) is 7.75. The van der Waals surface area contributed by atoms with E-state index in [2.05, 4.69) is 37.9 Å². The summed E-state index contributed by atoms with van der Waals surface area (Å²) >= 11 is 8.91. The van der Waals surface area contributed by atoms with Gasteiger partial charge >= 0.3 is 0 Å². The van der Waals surface area contributed by atoms with Gasteiger partial charge in [0.05, 0.1) is 5.52 Å². The van der Waals surface area contributed by atoms with Crippen LogP contribution in [0.15, 0.2) is 59.6 Å². The summed E-state index contributed by atoms with van der Waals surface area (Å²) in [6.07, 6.45) is 0. The zero-order valence-electron chi connectivity index (χ0n) is 11.7. The molecule has 2 nitrogen and oxygen atoms in total. The standard InChI is InChI=1S/C17H14Br2N2S/c18-10-13(19)11-22-17-14-8-4-5-9-15(14)20-16(21-17)12-6-2-1-3-7-12/h1-9,13H,10-11H2. The van der Waals surface area contributed by atoms with Crippen LogP contribution < -0.4 is 0 Å². The predicted molar refractivity (Wildman–Crippen MR) is 102 cm³/mol. The summed E-state index contributed by atoms with van der Waals surface area (Å²) in [5, 5.41) is 3.07. The van der Waals surface area contributed by atoms with Gasteiger partial charge in [0.1, 0.15) is 5.03 Å². The number of alkyl halides is 2. The first-order valence-electron chi connectivity index (χ1n) is 6.93. The van der Waals surface area contributed by atoms with E-state index in [9.17, 15) is 0 Å². The van der Waals surface area contributed by atoms with Crippen LogP contribution in [0.4, 0.5) is 0 Å². The Morgan fingerprint density at radius 3 is 2.45 bits per heavy atom. The van der Waals surface area contributed by atoms with E-state index in [1.807, 2.05) is 48.5 Å². The second-order valence-electron chi connectivity index (χ2n) is 4.80. The maximum absolute atomic E-state index is 4.79. The molecule has 3 aromatic rings. The summed E-state index contributed by atoms with van der Waals surface area (Å²) in [6, 6.07) is 18.3. The summed E-state index contributed by atoms with van der Waals surface area (Å²) in [6.45, 7) is 0. The van der Waals surface area contributed by atoms with Crippen molar-refractivity contribution in [3.63, 3.8) is 0 Å². The highest BCUT2D eigenvalue weighted by atomic mass is 79.9. The van der Waals surface area contributed by atoms with Crippen molar-refractivity contribution < 1.29 is 0 Å². The van der Waals surface area contributed by atoms with Gasteiger partial charge in [0, 0.05) is 26.9 Å². The molecule has 1 unspecified atom stereocenters. The first-order chi connectivity index (χ1) is 10.8. The molecule has 5 heteroatoms. The molecule has 0 amide bonds. The maximum atomic E-state index is 4.79. The van der Waals surface area contributed by atoms with Crippen molar-refractivity contribution in [2.45, 2.75) is 9.85 Å². The van der Waals surface area contributed by atoms with Crippen LogP contribution in [0, 0.1) is 0 Å². The monoisotopic (exact) mass is 436 g/mol. The minimum atomic E-state index is 0.423. The van der Waals surface area contributed by atoms with Crippen LogP contribution in [0.2, 0.25) is 0 Å². The lowest BCUT2D eigenvalue weighted by atomic mass is 10.2. The fourth-order valence-electron chi connectivity index (χ4n) is 2.09. The molecule has 0 aliphatic carbocycles. The van der Waals surface area contributed by atoms with Gasteiger partial charge in [-0.05, 0) is 6.07 Å². The molecule has 0 N–H and O–H groups in total. The number of aromatic nitrogens is 2. The van der Waals surface area contributed by atoms with Gasteiger partial charge in [0.25, 0.3) is 0 Å². The molecule has 0 aliphatic rings. The lowest BCUT2D eigenvalue weighted by Crippen LogP contribution is -2.03. The highest BCUT2D eigenvalue weighted by molar-refractivity contribution is 9.12. The van der Waals surface area contributed by atoms with E-state index in [1.165, 1.54) is 0 Å². The number of benzene rings is 2. The molecule has 0 radical (unpaired) electrons. The van der Waals surface area contributed by atoms with Gasteiger partial charge in [0.2, 0.25) is 0 Å². The van der Waals surface area contributed by atoms with Crippen molar-refractivity contribution in [1.82, 2.24) is 9.97 Å². The van der Waals surface area contributed by atoms with E-state index in [4.69, 9.17) is 9.97 Å². The second kappa shape index (κ2) is 7.57. The number of halogens is 2. The molecule has 0 saturated heterocycles. The number of hydrogen-bond acceptors (Lipinski definition) is 3. The fraction of sp³-hybridized carbons (Fsp3) is 0.176. The van der Waals surface area contributed by atoms with E-state index < -0.39 is 0 Å². The van der Waals surface area contributed by atoms with Gasteiger partial charge in [-0.2, -0.15) is 0 Å². The van der Waals surface area contributed by atoms with Crippen LogP contribution in [0.5, 0.6) is 0 Å². The fourth-order valence-corrected chi connectivity index (χ4v) is 3.95. The lowest BCUT2D eigenvalue weighted by molar-refractivity contribution is 1.10. The quantitative estimate of drug-likeness (QED) is 0.297. The molecular formula is C17H14Br2N2S. The van der Waals surface area contributed by atoms with Crippen LogP contribution in [-0.2, 0) is 0 Å². The number of para-hydroxylation sites is 1. The van der Waals surface area contributed by atoms with Crippen molar-refractivity contribution in [2.75, 3.05) is 11.1 Å². The first kappa shape index (κ1) is 16.0. The molecule has 3 rings (SSSR count). The Morgan fingerprint density at radius 2 is 1.68 bits per heavy atom. The van der Waals surface area contributed by atoms with Gasteiger partial charge in [-0.15, -0.1) is 11.8 Å². The van der Waals surface area contributed by atoms with Gasteiger partial charge in [0.15, 0.2) is 5.82 Å². The highest BCUT2D eigenvalue weighted by Crippen LogP contribution is 2.29. The van der Waals surface area contributed by atoms with Gasteiger partial charge < -0.3 is 0 Å². The van der Waals surface area contributed by atoms with Crippen molar-refractivity contribution >= 4 is 54.5 Å². The molecule has 0 saturated carbocycles. The minimum absolute atomic E-state index is 0.423. The Hall–Kier alpha value is -0.910. The molecule has 0 spiro atoms. The van der Waals surface area contributed by atoms with Crippen molar-refractivity contribution in [3.8, 4) is 11.4 Å². The zero-order chi connectivity index (χ0) is 15.4. The average Bonchev–Trinajstić information content (AvgIpc) is 2.59. The maximum Gasteiger partial charge on any atom is 0.161 e. The highest BCUT2D eigenvalue weighted by Gasteiger charge is 2.11. The summed E-state index contributed by atoms with van der Waals surface area (Å²) in [7, 11) is 0. The Labute approximate surface area is 151 Å². The van der Waals surface area contributed by atoms with E-state index in [-0.39, 0.29) is 0 Å². The van der Waals surface area contributed by atoms with E-state index >= 15 is 0 Å². The van der Waals surface area contributed by atoms with Crippen molar-refractivity contribution in [3.05, 3.63) is 54.6 Å². The molecule has 22 heavy (non-hydrogen) atoms. The van der Waals surface area contributed by atoms with E-state index in [1.54, 1.807) is 11.8 Å². The van der Waals surface area contributed by atoms with Crippen LogP contribution in [0.3, 0.4) is 0 Å². The Balaban J connectivity index is 2.04. The van der Waals surface area contributed by atoms with Gasteiger partial charge in [-0.3, -0.25) is 0 Å². The Kier molecular flexibility index (Phi) is 5.50. The Morgan fingerprint density at radius 1 is 0.955 bits per heavy atom. The number of rotatable bonds is 5. The summed E-state index contributed by atoms with van der Waals surface area (Å²) in [4.78, 5) is 9.92. The third-order valence-corrected chi connectivity index (χ3v) is 7.05. The molecule has 1 aromatic heterocycles. The number of hydrogen-bond donors (Lipinski definition) is 0. The normalized spacial score (nSPS) is 12.5. The smallest absolute Gasteiger partial charge is 0.161 e. The molecular weight excluding hydrogens is 424 g/mol.